The van der Waals surface area contributed by atoms with Gasteiger partial charge in [0.2, 0.25) is 11.9 Å². The minimum Gasteiger partial charge on any atom is -0.467 e. The highest BCUT2D eigenvalue weighted by Crippen LogP contribution is 2.41. The summed E-state index contributed by atoms with van der Waals surface area (Å²) in [6, 6.07) is 10.4. The van der Waals surface area contributed by atoms with Crippen molar-refractivity contribution < 1.29 is 23.5 Å². The van der Waals surface area contributed by atoms with Crippen LogP contribution < -0.4 is 4.90 Å². The normalized spacial score (nSPS) is 18.8. The molecule has 0 radical (unpaired) electrons. The Morgan fingerprint density at radius 2 is 2.07 bits per heavy atom. The summed E-state index contributed by atoms with van der Waals surface area (Å²) in [7, 11) is 1.61. The molecular weight excluding hydrogens is 374 g/mol. The van der Waals surface area contributed by atoms with Crippen molar-refractivity contribution in [3.05, 3.63) is 48.4 Å². The fourth-order valence-corrected chi connectivity index (χ4v) is 3.84. The zero-order chi connectivity index (χ0) is 20.4. The fraction of sp³-hybridized carbons (Fsp3) is 0.381. The van der Waals surface area contributed by atoms with Crippen LogP contribution in [-0.2, 0) is 19.1 Å². The van der Waals surface area contributed by atoms with Crippen LogP contribution in [0, 0.1) is 5.92 Å². The lowest BCUT2D eigenvalue weighted by Gasteiger charge is -2.36. The summed E-state index contributed by atoms with van der Waals surface area (Å²) in [5.41, 5.74) is 1.57. The van der Waals surface area contributed by atoms with Crippen LogP contribution in [0.1, 0.15) is 25.1 Å². The Morgan fingerprint density at radius 1 is 1.24 bits per heavy atom. The molecule has 8 nitrogen and oxygen atoms in total. The highest BCUT2D eigenvalue weighted by atomic mass is 16.5. The van der Waals surface area contributed by atoms with Crippen molar-refractivity contribution in [2.24, 2.45) is 5.92 Å². The molecule has 4 rings (SSSR count). The van der Waals surface area contributed by atoms with E-state index in [1.807, 2.05) is 28.8 Å². The van der Waals surface area contributed by atoms with Gasteiger partial charge in [-0.3, -0.25) is 19.1 Å². The number of carbonyl (C=O) groups is 2. The Morgan fingerprint density at radius 3 is 2.79 bits per heavy atom. The van der Waals surface area contributed by atoms with Crippen molar-refractivity contribution in [2.75, 3.05) is 31.8 Å². The Balaban J connectivity index is 1.91. The second-order valence-electron chi connectivity index (χ2n) is 6.80. The Kier molecular flexibility index (Phi) is 5.35. The maximum absolute atomic E-state index is 13.5. The molecule has 1 amide bonds. The largest absolute Gasteiger partial charge is 0.467 e. The van der Waals surface area contributed by atoms with Crippen molar-refractivity contribution in [1.29, 1.82) is 0 Å². The number of para-hydroxylation sites is 2. The zero-order valence-electron chi connectivity index (χ0n) is 16.4. The molecule has 0 saturated heterocycles. The molecule has 0 unspecified atom stereocenters. The minimum atomic E-state index is -1.06. The number of ether oxygens (including phenoxy) is 2. The van der Waals surface area contributed by atoms with Crippen molar-refractivity contribution in [2.45, 2.75) is 19.4 Å². The number of imidazole rings is 1. The zero-order valence-corrected chi connectivity index (χ0v) is 16.4. The van der Waals surface area contributed by atoms with Crippen LogP contribution in [0.3, 0.4) is 0 Å². The summed E-state index contributed by atoms with van der Waals surface area (Å²) < 4.78 is 18.0. The molecule has 8 heteroatoms. The molecule has 1 aliphatic heterocycles. The van der Waals surface area contributed by atoms with Crippen LogP contribution in [0.4, 0.5) is 5.95 Å². The standard InChI is InChI=1S/C21H23N3O5/c1-3-28-20(26)17-18(16-10-6-13-29-16)24-15-9-5-4-8-14(15)22-21(24)23(19(17)25)11-7-12-27-2/h4-6,8-10,13,17-18H,3,7,11-12H2,1-2H3/t17-,18-/m0/s1. The second-order valence-corrected chi connectivity index (χ2v) is 6.80. The number of fused-ring (bicyclic) bond motifs is 3. The van der Waals surface area contributed by atoms with Crippen molar-refractivity contribution >= 4 is 28.9 Å². The van der Waals surface area contributed by atoms with E-state index in [-0.39, 0.29) is 12.5 Å². The number of hydrogen-bond donors (Lipinski definition) is 0. The predicted octanol–water partition coefficient (Wildman–Crippen LogP) is 2.78. The summed E-state index contributed by atoms with van der Waals surface area (Å²) in [5.74, 6) is -0.969. The number of esters is 1. The third-order valence-electron chi connectivity index (χ3n) is 5.05. The summed E-state index contributed by atoms with van der Waals surface area (Å²) in [6.45, 7) is 2.79. The van der Waals surface area contributed by atoms with Gasteiger partial charge in [-0.15, -0.1) is 0 Å². The SMILES string of the molecule is CCOC(=O)[C@@H]1C(=O)N(CCCOC)c2nc3ccccc3n2[C@H]1c1ccco1. The average Bonchev–Trinajstić information content (AvgIpc) is 3.37. The molecule has 0 fully saturated rings. The molecule has 3 aromatic rings. The van der Waals surface area contributed by atoms with Crippen LogP contribution in [0.15, 0.2) is 47.1 Å². The van der Waals surface area contributed by atoms with E-state index >= 15 is 0 Å². The molecule has 0 bridgehead atoms. The molecule has 1 aromatic carbocycles. The van der Waals surface area contributed by atoms with Gasteiger partial charge < -0.3 is 13.9 Å². The molecule has 3 heterocycles. The van der Waals surface area contributed by atoms with E-state index in [9.17, 15) is 9.59 Å². The first-order valence-corrected chi connectivity index (χ1v) is 9.64. The van der Waals surface area contributed by atoms with E-state index in [0.717, 1.165) is 11.0 Å². The Labute approximate surface area is 168 Å². The number of benzene rings is 1. The van der Waals surface area contributed by atoms with Gasteiger partial charge >= 0.3 is 5.97 Å². The first-order valence-electron chi connectivity index (χ1n) is 9.64. The first kappa shape index (κ1) is 19.2. The molecule has 152 valence electrons. The van der Waals surface area contributed by atoms with E-state index in [4.69, 9.17) is 18.9 Å². The predicted molar refractivity (Wildman–Crippen MR) is 106 cm³/mol. The van der Waals surface area contributed by atoms with E-state index in [0.29, 0.717) is 31.3 Å². The fourth-order valence-electron chi connectivity index (χ4n) is 3.84. The van der Waals surface area contributed by atoms with Crippen LogP contribution in [0.2, 0.25) is 0 Å². The molecule has 1 aliphatic rings. The first-order chi connectivity index (χ1) is 14.2. The molecule has 0 spiro atoms. The topological polar surface area (TPSA) is 86.8 Å². The number of carbonyl (C=O) groups excluding carboxylic acids is 2. The number of nitrogens with zero attached hydrogens (tertiary/aromatic N) is 3. The molecular formula is C21H23N3O5. The summed E-state index contributed by atoms with van der Waals surface area (Å²) in [4.78, 5) is 32.6. The van der Waals surface area contributed by atoms with Crippen LogP contribution in [0.5, 0.6) is 0 Å². The average molecular weight is 397 g/mol. The van der Waals surface area contributed by atoms with Gasteiger partial charge in [-0.05, 0) is 37.6 Å². The Bertz CT molecular complexity index is 1010. The van der Waals surface area contributed by atoms with Gasteiger partial charge in [-0.2, -0.15) is 0 Å². The van der Waals surface area contributed by atoms with Crippen molar-refractivity contribution in [1.82, 2.24) is 9.55 Å². The van der Waals surface area contributed by atoms with Gasteiger partial charge in [0.15, 0.2) is 5.92 Å². The molecule has 29 heavy (non-hydrogen) atoms. The maximum atomic E-state index is 13.5. The number of amides is 1. The number of furan rings is 1. The van der Waals surface area contributed by atoms with Gasteiger partial charge in [0, 0.05) is 20.3 Å². The third-order valence-corrected chi connectivity index (χ3v) is 5.05. The highest BCUT2D eigenvalue weighted by Gasteiger charge is 2.48. The lowest BCUT2D eigenvalue weighted by Crippen LogP contribution is -2.50. The van der Waals surface area contributed by atoms with E-state index in [2.05, 4.69) is 0 Å². The van der Waals surface area contributed by atoms with Crippen LogP contribution >= 0.6 is 0 Å². The van der Waals surface area contributed by atoms with Crippen LogP contribution in [-0.4, -0.2) is 48.3 Å². The smallest absolute Gasteiger partial charge is 0.321 e. The summed E-state index contributed by atoms with van der Waals surface area (Å²) in [5, 5.41) is 0. The monoisotopic (exact) mass is 397 g/mol. The van der Waals surface area contributed by atoms with E-state index < -0.39 is 17.9 Å². The van der Waals surface area contributed by atoms with E-state index in [1.165, 1.54) is 6.26 Å². The van der Waals surface area contributed by atoms with E-state index in [1.54, 1.807) is 31.1 Å². The van der Waals surface area contributed by atoms with Crippen molar-refractivity contribution in [3.63, 3.8) is 0 Å². The lowest BCUT2D eigenvalue weighted by molar-refractivity contribution is -0.153. The Hall–Kier alpha value is -3.13. The van der Waals surface area contributed by atoms with Crippen LogP contribution in [0.25, 0.3) is 11.0 Å². The number of aromatic nitrogens is 2. The quantitative estimate of drug-likeness (QED) is 0.346. The van der Waals surface area contributed by atoms with Gasteiger partial charge in [0.05, 0.1) is 23.9 Å². The minimum absolute atomic E-state index is 0.189. The maximum Gasteiger partial charge on any atom is 0.321 e. The molecule has 2 aromatic heterocycles. The van der Waals surface area contributed by atoms with Gasteiger partial charge in [-0.1, -0.05) is 12.1 Å². The second kappa shape index (κ2) is 8.08. The van der Waals surface area contributed by atoms with Gasteiger partial charge in [-0.25, -0.2) is 4.98 Å². The van der Waals surface area contributed by atoms with Gasteiger partial charge in [0.1, 0.15) is 11.8 Å². The molecule has 0 N–H and O–H groups in total. The number of methoxy groups -OCH3 is 1. The van der Waals surface area contributed by atoms with Gasteiger partial charge in [0.25, 0.3) is 0 Å². The van der Waals surface area contributed by atoms with Crippen molar-refractivity contribution in [3.8, 4) is 0 Å². The third kappa shape index (κ3) is 3.29. The number of rotatable bonds is 7. The number of hydrogen-bond acceptors (Lipinski definition) is 6. The highest BCUT2D eigenvalue weighted by molar-refractivity contribution is 6.08. The molecule has 2 atom stereocenters. The summed E-state index contributed by atoms with van der Waals surface area (Å²) >= 11 is 0. The lowest BCUT2D eigenvalue weighted by atomic mass is 9.93. The molecule has 0 saturated carbocycles. The molecule has 0 aliphatic carbocycles. The number of anilines is 1. The summed E-state index contributed by atoms with van der Waals surface area (Å²) in [6.07, 6.45) is 2.15.